The standard InChI is InChI=1S/C33H35N11O2/c1-21(38-32(45)28-29(35)40-43-14-6-13-36-31(28)43)30-39-26-10-5-9-25(27(26)33(46)44(30)24-7-3-2-4-8-24)22-19-37-42(20-22)18-17-41-15-11-23(34)12-16-41/h2-10,13-14,19-21,23H,11-12,15-18,34H2,1H3,(H2,35,40)(H,38,45)/t21-/m1/s1. The zero-order valence-corrected chi connectivity index (χ0v) is 25.5. The van der Waals surface area contributed by atoms with Gasteiger partial charge in [-0.1, -0.05) is 30.3 Å². The molecule has 1 atom stereocenters. The Labute approximate surface area is 264 Å². The van der Waals surface area contributed by atoms with E-state index in [0.29, 0.717) is 34.1 Å². The van der Waals surface area contributed by atoms with Crippen molar-refractivity contribution in [2.24, 2.45) is 5.73 Å². The number of hydrogen-bond acceptors (Lipinski definition) is 9. The average Bonchev–Trinajstić information content (AvgIpc) is 3.68. The SMILES string of the molecule is C[C@@H](NC(=O)c1c(N)nn2cccnc12)c1nc2cccc(-c3cnn(CCN4CCC(N)CC4)c3)c2c(=O)n1-c1ccccc1. The summed E-state index contributed by atoms with van der Waals surface area (Å²) in [6.45, 7) is 5.39. The minimum absolute atomic E-state index is 0.0561. The number of carbonyl (C=O) groups is 1. The largest absolute Gasteiger partial charge is 0.381 e. The van der Waals surface area contributed by atoms with E-state index in [1.165, 1.54) is 4.52 Å². The first-order chi connectivity index (χ1) is 22.4. The van der Waals surface area contributed by atoms with Gasteiger partial charge in [0.2, 0.25) is 0 Å². The number of nitrogens with two attached hydrogens (primary N) is 2. The highest BCUT2D eigenvalue weighted by Crippen LogP contribution is 2.28. The number of piperidine rings is 1. The molecule has 0 aliphatic carbocycles. The lowest BCUT2D eigenvalue weighted by atomic mass is 10.0. The lowest BCUT2D eigenvalue weighted by Gasteiger charge is -2.29. The zero-order chi connectivity index (χ0) is 31.8. The maximum Gasteiger partial charge on any atom is 0.266 e. The van der Waals surface area contributed by atoms with Gasteiger partial charge in [-0.05, 0) is 62.7 Å². The first kappa shape index (κ1) is 29.3. The van der Waals surface area contributed by atoms with Crippen LogP contribution in [0.15, 0.2) is 84.2 Å². The third-order valence-corrected chi connectivity index (χ3v) is 8.54. The van der Waals surface area contributed by atoms with Crippen molar-refractivity contribution in [2.75, 3.05) is 25.4 Å². The molecule has 0 spiro atoms. The molecule has 0 radical (unpaired) electrons. The number of nitrogens with zero attached hydrogens (tertiary/aromatic N) is 8. The molecule has 1 amide bonds. The molecule has 46 heavy (non-hydrogen) atoms. The Morgan fingerprint density at radius 1 is 1.07 bits per heavy atom. The maximum absolute atomic E-state index is 14.5. The molecule has 0 unspecified atom stereocenters. The molecule has 2 aromatic carbocycles. The third-order valence-electron chi connectivity index (χ3n) is 8.54. The van der Waals surface area contributed by atoms with Crippen molar-refractivity contribution >= 4 is 28.3 Å². The van der Waals surface area contributed by atoms with E-state index in [1.54, 1.807) is 36.1 Å². The number of fused-ring (bicyclic) bond motifs is 2. The Bertz CT molecular complexity index is 2090. The molecular weight excluding hydrogens is 582 g/mol. The van der Waals surface area contributed by atoms with Crippen LogP contribution in [-0.2, 0) is 6.54 Å². The summed E-state index contributed by atoms with van der Waals surface area (Å²) in [5.74, 6) is -0.0454. The first-order valence-electron chi connectivity index (χ1n) is 15.4. The maximum atomic E-state index is 14.5. The average molecular weight is 618 g/mol. The van der Waals surface area contributed by atoms with Gasteiger partial charge in [0.05, 0.1) is 35.4 Å². The zero-order valence-electron chi connectivity index (χ0n) is 25.5. The molecule has 1 aliphatic rings. The van der Waals surface area contributed by atoms with Crippen LogP contribution in [0.25, 0.3) is 33.4 Å². The van der Waals surface area contributed by atoms with E-state index in [-0.39, 0.29) is 16.9 Å². The predicted octanol–water partition coefficient (Wildman–Crippen LogP) is 2.79. The van der Waals surface area contributed by atoms with E-state index < -0.39 is 11.9 Å². The monoisotopic (exact) mass is 617 g/mol. The Kier molecular flexibility index (Phi) is 7.76. The smallest absolute Gasteiger partial charge is 0.266 e. The number of aromatic nitrogens is 7. The van der Waals surface area contributed by atoms with Crippen LogP contribution in [0.4, 0.5) is 5.82 Å². The summed E-state index contributed by atoms with van der Waals surface area (Å²) in [7, 11) is 0. The minimum Gasteiger partial charge on any atom is -0.381 e. The summed E-state index contributed by atoms with van der Waals surface area (Å²) in [4.78, 5) is 39.6. The third kappa shape index (κ3) is 5.50. The van der Waals surface area contributed by atoms with E-state index in [9.17, 15) is 9.59 Å². The highest BCUT2D eigenvalue weighted by atomic mass is 16.2. The number of likely N-dealkylation sites (tertiary alicyclic amines) is 1. The fourth-order valence-electron chi connectivity index (χ4n) is 6.11. The number of amides is 1. The van der Waals surface area contributed by atoms with Gasteiger partial charge >= 0.3 is 0 Å². The van der Waals surface area contributed by atoms with Crippen LogP contribution in [0.2, 0.25) is 0 Å². The number of benzene rings is 2. The molecule has 0 bridgehead atoms. The van der Waals surface area contributed by atoms with Gasteiger partial charge in [-0.2, -0.15) is 5.10 Å². The number of rotatable bonds is 8. The molecule has 6 aromatic rings. The highest BCUT2D eigenvalue weighted by molar-refractivity contribution is 6.04. The van der Waals surface area contributed by atoms with Crippen molar-refractivity contribution in [1.82, 2.24) is 44.1 Å². The fraction of sp³-hybridized carbons (Fsp3) is 0.273. The van der Waals surface area contributed by atoms with Crippen LogP contribution in [0, 0.1) is 0 Å². The summed E-state index contributed by atoms with van der Waals surface area (Å²) in [6.07, 6.45) is 9.03. The quantitative estimate of drug-likeness (QED) is 0.233. The van der Waals surface area contributed by atoms with Crippen molar-refractivity contribution in [3.8, 4) is 16.8 Å². The van der Waals surface area contributed by atoms with E-state index >= 15 is 0 Å². The van der Waals surface area contributed by atoms with Crippen molar-refractivity contribution in [1.29, 1.82) is 0 Å². The molecule has 4 aromatic heterocycles. The van der Waals surface area contributed by atoms with Crippen LogP contribution in [0.1, 0.15) is 42.0 Å². The molecule has 5 N–H and O–H groups in total. The van der Waals surface area contributed by atoms with E-state index in [2.05, 4.69) is 25.4 Å². The van der Waals surface area contributed by atoms with Crippen molar-refractivity contribution in [3.05, 3.63) is 101 Å². The molecule has 5 heterocycles. The van der Waals surface area contributed by atoms with Gasteiger partial charge < -0.3 is 21.7 Å². The lowest BCUT2D eigenvalue weighted by molar-refractivity contribution is 0.0940. The second-order valence-corrected chi connectivity index (χ2v) is 11.7. The van der Waals surface area contributed by atoms with Crippen molar-refractivity contribution < 1.29 is 4.79 Å². The number of carbonyl (C=O) groups excluding carboxylic acids is 1. The predicted molar refractivity (Wildman–Crippen MR) is 175 cm³/mol. The topological polar surface area (TPSA) is 167 Å². The number of anilines is 1. The normalized spacial score (nSPS) is 15.0. The summed E-state index contributed by atoms with van der Waals surface area (Å²) >= 11 is 0. The van der Waals surface area contributed by atoms with Gasteiger partial charge in [-0.25, -0.2) is 14.5 Å². The van der Waals surface area contributed by atoms with Gasteiger partial charge in [0, 0.05) is 36.7 Å². The summed E-state index contributed by atoms with van der Waals surface area (Å²) < 4.78 is 4.93. The molecule has 13 nitrogen and oxygen atoms in total. The summed E-state index contributed by atoms with van der Waals surface area (Å²) in [6, 6.07) is 16.2. The van der Waals surface area contributed by atoms with Crippen LogP contribution >= 0.6 is 0 Å². The minimum atomic E-state index is -0.682. The molecular formula is C33H35N11O2. The Hall–Kier alpha value is -5.40. The van der Waals surface area contributed by atoms with Crippen LogP contribution in [-0.4, -0.2) is 70.4 Å². The number of hydrogen-bond donors (Lipinski definition) is 3. The Morgan fingerprint density at radius 3 is 2.67 bits per heavy atom. The molecule has 234 valence electrons. The summed E-state index contributed by atoms with van der Waals surface area (Å²) in [5.41, 5.74) is 15.1. The van der Waals surface area contributed by atoms with E-state index in [1.807, 2.05) is 59.4 Å². The van der Waals surface area contributed by atoms with Crippen LogP contribution in [0.5, 0.6) is 0 Å². The molecule has 0 saturated carbocycles. The van der Waals surface area contributed by atoms with Gasteiger partial charge in [-0.15, -0.1) is 5.10 Å². The van der Waals surface area contributed by atoms with Crippen LogP contribution < -0.4 is 22.3 Å². The molecule has 1 aliphatic heterocycles. The van der Waals surface area contributed by atoms with Gasteiger partial charge in [0.25, 0.3) is 11.5 Å². The molecule has 7 rings (SSSR count). The first-order valence-corrected chi connectivity index (χ1v) is 15.4. The Morgan fingerprint density at radius 2 is 1.87 bits per heavy atom. The van der Waals surface area contributed by atoms with E-state index in [4.69, 9.17) is 16.5 Å². The molecule has 1 saturated heterocycles. The van der Waals surface area contributed by atoms with Crippen molar-refractivity contribution in [2.45, 2.75) is 38.4 Å². The summed E-state index contributed by atoms with van der Waals surface area (Å²) in [5, 5.41) is 12.2. The fourth-order valence-corrected chi connectivity index (χ4v) is 6.11. The number of nitrogens with one attached hydrogen (secondary N) is 1. The molecule has 1 fully saturated rings. The van der Waals surface area contributed by atoms with Gasteiger partial charge in [0.1, 0.15) is 11.4 Å². The Balaban J connectivity index is 1.25. The van der Waals surface area contributed by atoms with Crippen molar-refractivity contribution in [3.63, 3.8) is 0 Å². The molecule has 13 heteroatoms. The number of nitrogen functional groups attached to an aromatic ring is 1. The highest BCUT2D eigenvalue weighted by Gasteiger charge is 2.25. The second-order valence-electron chi connectivity index (χ2n) is 11.7. The lowest BCUT2D eigenvalue weighted by Crippen LogP contribution is -2.40. The van der Waals surface area contributed by atoms with Gasteiger partial charge in [0.15, 0.2) is 11.5 Å². The second kappa shape index (κ2) is 12.2. The van der Waals surface area contributed by atoms with Gasteiger partial charge in [-0.3, -0.25) is 18.8 Å². The van der Waals surface area contributed by atoms with Crippen LogP contribution in [0.3, 0.4) is 0 Å². The number of para-hydroxylation sites is 1. The van der Waals surface area contributed by atoms with E-state index in [0.717, 1.165) is 50.1 Å².